The van der Waals surface area contributed by atoms with Crippen LogP contribution in [0.3, 0.4) is 0 Å². The summed E-state index contributed by atoms with van der Waals surface area (Å²) in [5.74, 6) is 2.24. The lowest BCUT2D eigenvalue weighted by Crippen LogP contribution is -2.27. The average molecular weight is 549 g/mol. The molecule has 0 bridgehead atoms. The highest BCUT2D eigenvalue weighted by molar-refractivity contribution is 9.10. The second-order valence-electron chi connectivity index (χ2n) is 8.91. The maximum Gasteiger partial charge on any atom is 0.174 e. The van der Waals surface area contributed by atoms with E-state index in [4.69, 9.17) is 14.2 Å². The molecule has 1 aliphatic heterocycles. The number of benzene rings is 3. The topological polar surface area (TPSA) is 68.8 Å². The van der Waals surface area contributed by atoms with Crippen molar-refractivity contribution in [2.75, 3.05) is 31.5 Å². The summed E-state index contributed by atoms with van der Waals surface area (Å²) in [6.07, 6.45) is 1.15. The minimum absolute atomic E-state index is 0.0614. The molecule has 2 atom stereocenters. The van der Waals surface area contributed by atoms with E-state index < -0.39 is 0 Å². The van der Waals surface area contributed by atoms with Gasteiger partial charge in [0, 0.05) is 17.7 Å². The molecule has 0 amide bonds. The molecule has 0 spiro atoms. The van der Waals surface area contributed by atoms with E-state index in [9.17, 15) is 4.79 Å². The van der Waals surface area contributed by atoms with Gasteiger partial charge in [-0.2, -0.15) is 0 Å². The predicted octanol–water partition coefficient (Wildman–Crippen LogP) is 6.84. The second kappa shape index (κ2) is 10.3. The van der Waals surface area contributed by atoms with Crippen molar-refractivity contribution in [2.24, 2.45) is 0 Å². The number of para-hydroxylation sites is 2. The van der Waals surface area contributed by atoms with Crippen LogP contribution in [-0.4, -0.2) is 26.6 Å². The van der Waals surface area contributed by atoms with Crippen LogP contribution in [0.5, 0.6) is 17.2 Å². The first-order valence-corrected chi connectivity index (χ1v) is 12.8. The Morgan fingerprint density at radius 1 is 0.944 bits per heavy atom. The zero-order chi connectivity index (χ0) is 25.2. The molecule has 6 nitrogen and oxygen atoms in total. The molecule has 186 valence electrons. The first-order valence-electron chi connectivity index (χ1n) is 12.0. The zero-order valence-electron chi connectivity index (χ0n) is 20.6. The molecule has 36 heavy (non-hydrogen) atoms. The zero-order valence-corrected chi connectivity index (χ0v) is 22.1. The first kappa shape index (κ1) is 24.3. The van der Waals surface area contributed by atoms with Gasteiger partial charge in [0.2, 0.25) is 0 Å². The highest BCUT2D eigenvalue weighted by Crippen LogP contribution is 2.47. The van der Waals surface area contributed by atoms with Gasteiger partial charge in [0.05, 0.1) is 42.7 Å². The number of hydrogen-bond acceptors (Lipinski definition) is 6. The molecule has 1 heterocycles. The van der Waals surface area contributed by atoms with Crippen molar-refractivity contribution >= 4 is 33.1 Å². The third-order valence-corrected chi connectivity index (χ3v) is 7.33. The highest BCUT2D eigenvalue weighted by atomic mass is 79.9. The van der Waals surface area contributed by atoms with E-state index >= 15 is 0 Å². The molecule has 2 aliphatic rings. The van der Waals surface area contributed by atoms with Gasteiger partial charge in [-0.05, 0) is 82.7 Å². The molecule has 0 saturated carbocycles. The standard InChI is InChI=1S/C29H29BrN2O4/c1-4-36-26-16-19(13-21(30)29(26)35-3)28-27-24(31-22-10-5-6-11-23(22)32-28)14-18(15-25(27)33)17-8-7-9-20(12-17)34-2/h5-13,16,18,28,31-32H,4,14-15H2,1-3H3. The van der Waals surface area contributed by atoms with Crippen LogP contribution >= 0.6 is 15.9 Å². The molecule has 1 aliphatic carbocycles. The Morgan fingerprint density at radius 3 is 2.50 bits per heavy atom. The number of halogens is 1. The van der Waals surface area contributed by atoms with E-state index in [0.29, 0.717) is 24.5 Å². The van der Waals surface area contributed by atoms with Crippen LogP contribution in [-0.2, 0) is 4.79 Å². The maximum absolute atomic E-state index is 13.8. The minimum Gasteiger partial charge on any atom is -0.497 e. The monoisotopic (exact) mass is 548 g/mol. The number of rotatable bonds is 6. The van der Waals surface area contributed by atoms with Crippen molar-refractivity contribution in [1.82, 2.24) is 0 Å². The molecule has 3 aromatic rings. The summed E-state index contributed by atoms with van der Waals surface area (Å²) in [6.45, 7) is 2.44. The number of ketones is 1. The number of Topliss-reactive ketones (excluding diaryl/α,β-unsaturated/α-hetero) is 1. The van der Waals surface area contributed by atoms with E-state index in [1.165, 1.54) is 0 Å². The van der Waals surface area contributed by atoms with Crippen LogP contribution in [0.4, 0.5) is 11.4 Å². The number of fused-ring (bicyclic) bond motifs is 1. The molecule has 0 aromatic heterocycles. The molecule has 3 aromatic carbocycles. The van der Waals surface area contributed by atoms with Crippen molar-refractivity contribution in [2.45, 2.75) is 31.7 Å². The van der Waals surface area contributed by atoms with Crippen LogP contribution in [0.2, 0.25) is 0 Å². The van der Waals surface area contributed by atoms with Gasteiger partial charge in [-0.15, -0.1) is 0 Å². The predicted molar refractivity (Wildman–Crippen MR) is 145 cm³/mol. The number of methoxy groups -OCH3 is 2. The van der Waals surface area contributed by atoms with Crippen LogP contribution in [0.1, 0.15) is 42.9 Å². The molecule has 5 rings (SSSR count). The van der Waals surface area contributed by atoms with Gasteiger partial charge in [0.25, 0.3) is 0 Å². The highest BCUT2D eigenvalue weighted by Gasteiger charge is 2.36. The summed E-state index contributed by atoms with van der Waals surface area (Å²) in [4.78, 5) is 13.8. The molecule has 2 unspecified atom stereocenters. The van der Waals surface area contributed by atoms with Crippen LogP contribution in [0.25, 0.3) is 0 Å². The number of carbonyl (C=O) groups excluding carboxylic acids is 1. The van der Waals surface area contributed by atoms with Crippen molar-refractivity contribution in [3.05, 3.63) is 87.5 Å². The van der Waals surface area contributed by atoms with E-state index in [1.54, 1.807) is 14.2 Å². The Hall–Kier alpha value is -3.45. The van der Waals surface area contributed by atoms with Crippen LogP contribution in [0.15, 0.2) is 76.4 Å². The smallest absolute Gasteiger partial charge is 0.174 e. The number of allylic oxidation sites excluding steroid dienone is 1. The number of anilines is 2. The fourth-order valence-corrected chi connectivity index (χ4v) is 5.71. The minimum atomic E-state index is -0.351. The summed E-state index contributed by atoms with van der Waals surface area (Å²) in [7, 11) is 3.28. The first-order chi connectivity index (χ1) is 17.5. The van der Waals surface area contributed by atoms with E-state index in [1.807, 2.05) is 61.5 Å². The Labute approximate surface area is 219 Å². The van der Waals surface area contributed by atoms with Crippen molar-refractivity contribution < 1.29 is 19.0 Å². The number of hydrogen-bond donors (Lipinski definition) is 2. The number of carbonyl (C=O) groups is 1. The average Bonchev–Trinajstić information content (AvgIpc) is 3.05. The molecular formula is C29H29BrN2O4. The van der Waals surface area contributed by atoms with E-state index in [2.05, 4.69) is 32.6 Å². The largest absolute Gasteiger partial charge is 0.497 e. The van der Waals surface area contributed by atoms with Gasteiger partial charge in [-0.25, -0.2) is 0 Å². The second-order valence-corrected chi connectivity index (χ2v) is 9.77. The SMILES string of the molecule is CCOc1cc(C2Nc3ccccc3NC3=C2C(=O)CC(c2cccc(OC)c2)C3)cc(Br)c1OC. The Bertz CT molecular complexity index is 1340. The lowest BCUT2D eigenvalue weighted by atomic mass is 9.78. The van der Waals surface area contributed by atoms with Crippen molar-refractivity contribution in [3.8, 4) is 17.2 Å². The maximum atomic E-state index is 13.8. The van der Waals surface area contributed by atoms with Crippen LogP contribution in [0, 0.1) is 0 Å². The molecular weight excluding hydrogens is 520 g/mol. The fourth-order valence-electron chi connectivity index (χ4n) is 5.09. The fraction of sp³-hybridized carbons (Fsp3) is 0.276. The summed E-state index contributed by atoms with van der Waals surface area (Å²) in [5, 5.41) is 7.23. The van der Waals surface area contributed by atoms with Crippen molar-refractivity contribution in [1.29, 1.82) is 0 Å². The van der Waals surface area contributed by atoms with E-state index in [-0.39, 0.29) is 17.7 Å². The van der Waals surface area contributed by atoms with Crippen LogP contribution < -0.4 is 24.8 Å². The van der Waals surface area contributed by atoms with E-state index in [0.717, 1.165) is 50.4 Å². The molecule has 0 saturated heterocycles. The summed E-state index contributed by atoms with van der Waals surface area (Å²) >= 11 is 3.64. The van der Waals surface area contributed by atoms with Gasteiger partial charge in [-0.3, -0.25) is 4.79 Å². The lowest BCUT2D eigenvalue weighted by Gasteiger charge is -2.30. The number of nitrogens with one attached hydrogen (secondary N) is 2. The number of ether oxygens (including phenoxy) is 3. The summed E-state index contributed by atoms with van der Waals surface area (Å²) < 4.78 is 17.7. The lowest BCUT2D eigenvalue weighted by molar-refractivity contribution is -0.116. The van der Waals surface area contributed by atoms with Gasteiger partial charge >= 0.3 is 0 Å². The Kier molecular flexibility index (Phi) is 6.92. The van der Waals surface area contributed by atoms with Crippen molar-refractivity contribution in [3.63, 3.8) is 0 Å². The van der Waals surface area contributed by atoms with Gasteiger partial charge < -0.3 is 24.8 Å². The molecule has 0 radical (unpaired) electrons. The molecule has 0 fully saturated rings. The molecule has 2 N–H and O–H groups in total. The summed E-state index contributed by atoms with van der Waals surface area (Å²) in [5.41, 5.74) is 5.60. The normalized spacial score (nSPS) is 18.8. The van der Waals surface area contributed by atoms with Gasteiger partial charge in [0.15, 0.2) is 17.3 Å². The Balaban J connectivity index is 1.62. The Morgan fingerprint density at radius 2 is 1.75 bits per heavy atom. The third-order valence-electron chi connectivity index (χ3n) is 6.74. The quantitative estimate of drug-likeness (QED) is 0.351. The summed E-state index contributed by atoms with van der Waals surface area (Å²) in [6, 6.07) is 19.7. The molecule has 7 heteroatoms. The van der Waals surface area contributed by atoms with Gasteiger partial charge in [-0.1, -0.05) is 24.3 Å². The third kappa shape index (κ3) is 4.55. The van der Waals surface area contributed by atoms with Gasteiger partial charge in [0.1, 0.15) is 5.75 Å².